The number of aromatic amines is 1. The number of rotatable bonds is 11. The molecule has 27 heavy (non-hydrogen) atoms. The summed E-state index contributed by atoms with van der Waals surface area (Å²) in [4.78, 5) is 12.2. The molecule has 0 atom stereocenters. The quantitative estimate of drug-likeness (QED) is 0.415. The second kappa shape index (κ2) is 10.3. The molecule has 0 radical (unpaired) electrons. The number of nitrogens with zero attached hydrogens (tertiary/aromatic N) is 1. The third-order valence-electron chi connectivity index (χ3n) is 3.95. The minimum Gasteiger partial charge on any atom is -0.490 e. The predicted octanol–water partition coefficient (Wildman–Crippen LogP) is 3.67. The van der Waals surface area contributed by atoms with Crippen molar-refractivity contribution in [3.63, 3.8) is 0 Å². The maximum absolute atomic E-state index is 14.6. The highest BCUT2D eigenvalue weighted by Gasteiger charge is 2.15. The highest BCUT2D eigenvalue weighted by atomic mass is 19.1. The molecule has 0 aliphatic carbocycles. The van der Waals surface area contributed by atoms with E-state index in [-0.39, 0.29) is 5.91 Å². The van der Waals surface area contributed by atoms with Crippen LogP contribution in [0.4, 0.5) is 10.1 Å². The van der Waals surface area contributed by atoms with Crippen LogP contribution in [0.25, 0.3) is 11.1 Å². The Hall–Kier alpha value is -2.93. The summed E-state index contributed by atoms with van der Waals surface area (Å²) in [5.74, 6) is -0.264. The van der Waals surface area contributed by atoms with Gasteiger partial charge >= 0.3 is 0 Å². The molecule has 0 aliphatic heterocycles. The molecule has 1 aromatic carbocycles. The molecule has 0 bridgehead atoms. The van der Waals surface area contributed by atoms with Gasteiger partial charge in [0.15, 0.2) is 0 Å². The Balaban J connectivity index is 2.15. The molecule has 144 valence electrons. The molecule has 0 fully saturated rings. The van der Waals surface area contributed by atoms with E-state index in [0.29, 0.717) is 55.0 Å². The van der Waals surface area contributed by atoms with Crippen molar-refractivity contribution in [2.24, 2.45) is 0 Å². The van der Waals surface area contributed by atoms with Crippen LogP contribution in [0.15, 0.2) is 49.3 Å². The summed E-state index contributed by atoms with van der Waals surface area (Å²) in [6.45, 7) is 8.47. The average molecular weight is 372 g/mol. The van der Waals surface area contributed by atoms with Crippen LogP contribution in [0.2, 0.25) is 0 Å². The van der Waals surface area contributed by atoms with Gasteiger partial charge in [0.05, 0.1) is 11.9 Å². The number of hydrogen-bond acceptors (Lipinski definition) is 4. The number of likely N-dealkylation sites (N-methyl/N-ethyl adjacent to an activating group) is 1. The normalized spacial score (nSPS) is 10.4. The number of carbonyl (C=O) groups is 1. The molecule has 0 unspecified atom stereocenters. The van der Waals surface area contributed by atoms with Crippen LogP contribution in [-0.2, 0) is 4.79 Å². The lowest BCUT2D eigenvalue weighted by Crippen LogP contribution is -2.17. The fourth-order valence-electron chi connectivity index (χ4n) is 2.44. The zero-order valence-electron chi connectivity index (χ0n) is 15.5. The third-order valence-corrected chi connectivity index (χ3v) is 3.95. The summed E-state index contributed by atoms with van der Waals surface area (Å²) >= 11 is 0. The zero-order chi connectivity index (χ0) is 19.6. The lowest BCUT2D eigenvalue weighted by atomic mass is 10.1. The van der Waals surface area contributed by atoms with Crippen molar-refractivity contribution in [1.29, 1.82) is 0 Å². The van der Waals surface area contributed by atoms with Crippen molar-refractivity contribution in [3.8, 4) is 16.9 Å². The van der Waals surface area contributed by atoms with Crippen LogP contribution in [0, 0.1) is 5.82 Å². The Bertz CT molecular complexity index is 788. The molecular weight excluding hydrogens is 347 g/mol. The number of allylic oxidation sites excluding steroid dienone is 2. The van der Waals surface area contributed by atoms with Crippen LogP contribution in [0.1, 0.15) is 19.3 Å². The molecule has 0 spiro atoms. The first-order valence-electron chi connectivity index (χ1n) is 8.75. The second-order valence-corrected chi connectivity index (χ2v) is 6.03. The van der Waals surface area contributed by atoms with E-state index in [9.17, 15) is 9.18 Å². The van der Waals surface area contributed by atoms with Gasteiger partial charge in [0, 0.05) is 36.4 Å². The highest BCUT2D eigenvalue weighted by Crippen LogP contribution is 2.33. The van der Waals surface area contributed by atoms with E-state index in [2.05, 4.69) is 34.0 Å². The molecular formula is C20H25FN4O2. The molecule has 0 saturated carbocycles. The summed E-state index contributed by atoms with van der Waals surface area (Å²) < 4.78 is 20.3. The Labute approximate surface area is 158 Å². The smallest absolute Gasteiger partial charge is 0.224 e. The number of halogens is 1. The summed E-state index contributed by atoms with van der Waals surface area (Å²) in [6.07, 6.45) is 6.43. The number of carbonyl (C=O) groups excluding carboxylic acids is 1. The van der Waals surface area contributed by atoms with Gasteiger partial charge in [0.2, 0.25) is 5.91 Å². The molecule has 0 saturated heterocycles. The van der Waals surface area contributed by atoms with Gasteiger partial charge < -0.3 is 15.4 Å². The first-order chi connectivity index (χ1) is 13.0. The number of H-pyrrole nitrogens is 1. The molecule has 7 heteroatoms. The van der Waals surface area contributed by atoms with Gasteiger partial charge in [-0.05, 0) is 26.0 Å². The van der Waals surface area contributed by atoms with Crippen molar-refractivity contribution < 1.29 is 13.9 Å². The van der Waals surface area contributed by atoms with Gasteiger partial charge in [-0.1, -0.05) is 24.8 Å². The SMILES string of the molecule is C=CC(=C)CCCC(=O)Nc1cc(F)c(-c2cn[nH]c2)cc1OCCNC. The standard InChI is InChI=1S/C20H25FN4O2/c1-4-14(2)6-5-7-20(26)25-18-11-17(21)16(15-12-23-24-13-15)10-19(18)27-9-8-22-3/h4,10-13,22H,1-2,5-9H2,3H3,(H,23,24)(H,25,26). The number of anilines is 1. The molecule has 1 heterocycles. The number of amides is 1. The van der Waals surface area contributed by atoms with Crippen molar-refractivity contribution in [2.75, 3.05) is 25.5 Å². The Morgan fingerprint density at radius 1 is 1.41 bits per heavy atom. The summed E-state index contributed by atoms with van der Waals surface area (Å²) in [5, 5.41) is 12.2. The van der Waals surface area contributed by atoms with E-state index in [1.807, 2.05) is 7.05 Å². The summed E-state index contributed by atoms with van der Waals surface area (Å²) in [7, 11) is 1.81. The molecule has 3 N–H and O–H groups in total. The van der Waals surface area contributed by atoms with Crippen molar-refractivity contribution in [1.82, 2.24) is 15.5 Å². The first kappa shape index (κ1) is 20.4. The zero-order valence-corrected chi connectivity index (χ0v) is 15.5. The van der Waals surface area contributed by atoms with Gasteiger partial charge in [-0.25, -0.2) is 4.39 Å². The van der Waals surface area contributed by atoms with Gasteiger partial charge in [-0.2, -0.15) is 5.10 Å². The number of nitrogens with one attached hydrogen (secondary N) is 3. The molecule has 2 rings (SSSR count). The topological polar surface area (TPSA) is 79.0 Å². The Kier molecular flexibility index (Phi) is 7.76. The van der Waals surface area contributed by atoms with Crippen LogP contribution >= 0.6 is 0 Å². The number of benzene rings is 1. The van der Waals surface area contributed by atoms with E-state index in [1.54, 1.807) is 18.3 Å². The van der Waals surface area contributed by atoms with Crippen molar-refractivity contribution >= 4 is 11.6 Å². The number of aromatic nitrogens is 2. The van der Waals surface area contributed by atoms with Gasteiger partial charge in [0.1, 0.15) is 18.2 Å². The van der Waals surface area contributed by atoms with Gasteiger partial charge in [0.25, 0.3) is 0 Å². The Morgan fingerprint density at radius 3 is 2.89 bits per heavy atom. The molecule has 1 aromatic heterocycles. The van der Waals surface area contributed by atoms with Crippen LogP contribution < -0.4 is 15.4 Å². The fourth-order valence-corrected chi connectivity index (χ4v) is 2.44. The number of hydrogen-bond donors (Lipinski definition) is 3. The van der Waals surface area contributed by atoms with Crippen molar-refractivity contribution in [2.45, 2.75) is 19.3 Å². The summed E-state index contributed by atoms with van der Waals surface area (Å²) in [5.41, 5.74) is 2.15. The highest BCUT2D eigenvalue weighted by molar-refractivity contribution is 5.93. The van der Waals surface area contributed by atoms with Gasteiger partial charge in [-0.3, -0.25) is 9.89 Å². The van der Waals surface area contributed by atoms with E-state index in [4.69, 9.17) is 4.74 Å². The van der Waals surface area contributed by atoms with Gasteiger partial charge in [-0.15, -0.1) is 0 Å². The van der Waals surface area contributed by atoms with Crippen LogP contribution in [-0.4, -0.2) is 36.3 Å². The first-order valence-corrected chi connectivity index (χ1v) is 8.75. The number of ether oxygens (including phenoxy) is 1. The lowest BCUT2D eigenvalue weighted by Gasteiger charge is -2.15. The van der Waals surface area contributed by atoms with E-state index < -0.39 is 5.82 Å². The van der Waals surface area contributed by atoms with Crippen LogP contribution in [0.3, 0.4) is 0 Å². The molecule has 2 aromatic rings. The maximum atomic E-state index is 14.6. The molecule has 1 amide bonds. The Morgan fingerprint density at radius 2 is 2.22 bits per heavy atom. The fraction of sp³-hybridized carbons (Fsp3) is 0.300. The second-order valence-electron chi connectivity index (χ2n) is 6.03. The minimum absolute atomic E-state index is 0.208. The third kappa shape index (κ3) is 6.07. The lowest BCUT2D eigenvalue weighted by molar-refractivity contribution is -0.116. The van der Waals surface area contributed by atoms with Crippen LogP contribution in [0.5, 0.6) is 5.75 Å². The largest absolute Gasteiger partial charge is 0.490 e. The van der Waals surface area contributed by atoms with Crippen molar-refractivity contribution in [3.05, 3.63) is 55.2 Å². The van der Waals surface area contributed by atoms with E-state index >= 15 is 0 Å². The molecule has 6 nitrogen and oxygen atoms in total. The minimum atomic E-state index is -0.465. The van der Waals surface area contributed by atoms with E-state index in [1.165, 1.54) is 12.3 Å². The molecule has 0 aliphatic rings. The summed E-state index contributed by atoms with van der Waals surface area (Å²) in [6, 6.07) is 2.85. The maximum Gasteiger partial charge on any atom is 0.224 e. The predicted molar refractivity (Wildman–Crippen MR) is 105 cm³/mol. The van der Waals surface area contributed by atoms with E-state index in [0.717, 1.165) is 5.57 Å². The monoisotopic (exact) mass is 372 g/mol. The average Bonchev–Trinajstić information content (AvgIpc) is 3.17.